The molecule has 0 radical (unpaired) electrons. The van der Waals surface area contributed by atoms with Gasteiger partial charge < -0.3 is 9.84 Å². The number of hydrogen-bond acceptors (Lipinski definition) is 4. The number of nitrogens with zero attached hydrogens (tertiary/aromatic N) is 2. The number of allylic oxidation sites excluding steroid dienone is 1. The summed E-state index contributed by atoms with van der Waals surface area (Å²) in [7, 11) is 0. The van der Waals surface area contributed by atoms with Crippen LogP contribution in [0.5, 0.6) is 5.75 Å². The lowest BCUT2D eigenvalue weighted by Crippen LogP contribution is -2.43. The van der Waals surface area contributed by atoms with Gasteiger partial charge in [0.15, 0.2) is 0 Å². The number of likely N-dealkylation sites (tertiary alicyclic amines) is 1. The molecule has 0 aromatic heterocycles. The van der Waals surface area contributed by atoms with Crippen LogP contribution in [0.2, 0.25) is 0 Å². The van der Waals surface area contributed by atoms with Gasteiger partial charge in [-0.3, -0.25) is 14.7 Å². The van der Waals surface area contributed by atoms with Crippen molar-refractivity contribution in [3.8, 4) is 5.75 Å². The van der Waals surface area contributed by atoms with Crippen LogP contribution < -0.4 is 4.74 Å². The Labute approximate surface area is 177 Å². The summed E-state index contributed by atoms with van der Waals surface area (Å²) in [5, 5.41) is 9.49. The Kier molecular flexibility index (Phi) is 6.29. The molecule has 2 aromatic carbocycles. The summed E-state index contributed by atoms with van der Waals surface area (Å²) in [5.74, 6) is 0.0675. The molecule has 0 saturated carbocycles. The van der Waals surface area contributed by atoms with Crippen LogP contribution in [0.4, 0.5) is 0 Å². The third-order valence-corrected chi connectivity index (χ3v) is 5.86. The van der Waals surface area contributed by atoms with Crippen molar-refractivity contribution in [1.29, 1.82) is 0 Å². The highest BCUT2D eigenvalue weighted by Crippen LogP contribution is 2.25. The minimum Gasteiger partial charge on any atom is -0.487 e. The predicted molar refractivity (Wildman–Crippen MR) is 118 cm³/mol. The molecule has 2 heterocycles. The highest BCUT2D eigenvalue weighted by molar-refractivity contribution is 6.04. The Morgan fingerprint density at radius 2 is 2.00 bits per heavy atom. The first kappa shape index (κ1) is 20.4. The van der Waals surface area contributed by atoms with Crippen LogP contribution in [0.25, 0.3) is 0 Å². The first-order valence-corrected chi connectivity index (χ1v) is 10.6. The summed E-state index contributed by atoms with van der Waals surface area (Å²) in [6.07, 6.45) is 3.61. The number of carbonyl (C=O) groups is 1. The van der Waals surface area contributed by atoms with Crippen molar-refractivity contribution in [2.75, 3.05) is 13.2 Å². The molecule has 5 heteroatoms. The van der Waals surface area contributed by atoms with E-state index in [1.807, 2.05) is 42.5 Å². The van der Waals surface area contributed by atoms with E-state index in [-0.39, 0.29) is 6.04 Å². The molecule has 1 fully saturated rings. The monoisotopic (exact) mass is 404 g/mol. The summed E-state index contributed by atoms with van der Waals surface area (Å²) in [6, 6.07) is 17.8. The highest BCUT2D eigenvalue weighted by atomic mass is 16.5. The molecule has 0 bridgehead atoms. The van der Waals surface area contributed by atoms with Gasteiger partial charge in [-0.25, -0.2) is 0 Å². The molecule has 1 N–H and O–H groups in total. The van der Waals surface area contributed by atoms with Crippen LogP contribution in [-0.2, 0) is 11.3 Å². The maximum Gasteiger partial charge on any atom is 0.320 e. The molecule has 0 aliphatic carbocycles. The zero-order chi connectivity index (χ0) is 20.9. The van der Waals surface area contributed by atoms with E-state index in [1.165, 1.54) is 5.57 Å². The lowest BCUT2D eigenvalue weighted by atomic mass is 10.0. The smallest absolute Gasteiger partial charge is 0.320 e. The third-order valence-electron chi connectivity index (χ3n) is 5.86. The van der Waals surface area contributed by atoms with Gasteiger partial charge in [-0.1, -0.05) is 48.9 Å². The summed E-state index contributed by atoms with van der Waals surface area (Å²) in [4.78, 5) is 18.4. The first-order chi connectivity index (χ1) is 14.6. The van der Waals surface area contributed by atoms with Crippen molar-refractivity contribution in [3.63, 3.8) is 0 Å². The van der Waals surface area contributed by atoms with Gasteiger partial charge in [-0.05, 0) is 55.1 Å². The molecule has 2 aliphatic rings. The quantitative estimate of drug-likeness (QED) is 0.728. The Hall–Kier alpha value is -2.92. The molecule has 1 atom stereocenters. The number of piperidine rings is 1. The second-order valence-electron chi connectivity index (χ2n) is 8.08. The van der Waals surface area contributed by atoms with Crippen molar-refractivity contribution < 1.29 is 14.6 Å². The summed E-state index contributed by atoms with van der Waals surface area (Å²) in [5.41, 5.74) is 5.55. The van der Waals surface area contributed by atoms with Gasteiger partial charge >= 0.3 is 5.97 Å². The van der Waals surface area contributed by atoms with Crippen molar-refractivity contribution in [2.45, 2.75) is 45.2 Å². The molecule has 1 unspecified atom stereocenters. The Morgan fingerprint density at radius 3 is 2.80 bits per heavy atom. The van der Waals surface area contributed by atoms with Gasteiger partial charge in [-0.15, -0.1) is 0 Å². The van der Waals surface area contributed by atoms with E-state index >= 15 is 0 Å². The van der Waals surface area contributed by atoms with Crippen molar-refractivity contribution in [1.82, 2.24) is 4.90 Å². The van der Waals surface area contributed by atoms with Gasteiger partial charge in [0.25, 0.3) is 0 Å². The lowest BCUT2D eigenvalue weighted by Gasteiger charge is -2.32. The maximum absolute atomic E-state index is 11.5. The summed E-state index contributed by atoms with van der Waals surface area (Å²) >= 11 is 0. The van der Waals surface area contributed by atoms with E-state index in [1.54, 1.807) is 0 Å². The average Bonchev–Trinajstić information content (AvgIpc) is 3.14. The molecule has 5 nitrogen and oxygen atoms in total. The third kappa shape index (κ3) is 4.79. The van der Waals surface area contributed by atoms with E-state index < -0.39 is 5.97 Å². The van der Waals surface area contributed by atoms with E-state index in [9.17, 15) is 9.90 Å². The maximum atomic E-state index is 11.5. The van der Waals surface area contributed by atoms with Crippen LogP contribution in [0.3, 0.4) is 0 Å². The zero-order valence-corrected chi connectivity index (χ0v) is 17.4. The second kappa shape index (κ2) is 9.26. The first-order valence-electron chi connectivity index (χ1n) is 10.6. The molecular formula is C25H28N2O3. The van der Waals surface area contributed by atoms with Gasteiger partial charge in [0.2, 0.25) is 0 Å². The number of aliphatic carboxylic acids is 1. The molecule has 2 aliphatic heterocycles. The summed E-state index contributed by atoms with van der Waals surface area (Å²) in [6.45, 7) is 4.00. The zero-order valence-electron chi connectivity index (χ0n) is 17.4. The van der Waals surface area contributed by atoms with Gasteiger partial charge in [0, 0.05) is 13.0 Å². The largest absolute Gasteiger partial charge is 0.487 e. The van der Waals surface area contributed by atoms with Crippen molar-refractivity contribution >= 4 is 11.7 Å². The molecule has 156 valence electrons. The Bertz CT molecular complexity index is 965. The number of aliphatic imine (C=N–C) groups is 1. The number of carboxylic acid groups (broad SMARTS) is 1. The topological polar surface area (TPSA) is 62.1 Å². The van der Waals surface area contributed by atoms with E-state index in [2.05, 4.69) is 24.0 Å². The molecule has 30 heavy (non-hydrogen) atoms. The molecule has 0 spiro atoms. The fraction of sp³-hybridized carbons (Fsp3) is 0.360. The van der Waals surface area contributed by atoms with E-state index in [0.717, 1.165) is 60.5 Å². The number of rotatable bonds is 7. The molecule has 1 saturated heterocycles. The highest BCUT2D eigenvalue weighted by Gasteiger charge is 2.28. The summed E-state index contributed by atoms with van der Waals surface area (Å²) < 4.78 is 6.05. The Morgan fingerprint density at radius 1 is 1.17 bits per heavy atom. The fourth-order valence-electron chi connectivity index (χ4n) is 4.18. The second-order valence-corrected chi connectivity index (χ2v) is 8.08. The van der Waals surface area contributed by atoms with Crippen molar-refractivity contribution in [2.24, 2.45) is 4.99 Å². The van der Waals surface area contributed by atoms with Gasteiger partial charge in [0.1, 0.15) is 18.4 Å². The standard InChI is InChI=1S/C25H28N2O3/c1-18-14-22(20-9-3-2-4-10-20)26-23(18)17-30-21-11-7-8-19(15-21)16-27-13-6-5-12-24(27)25(28)29/h2-4,7-11,15,24H,5-6,12-14,16-17H2,1H3,(H,28,29). The van der Waals surface area contributed by atoms with Crippen LogP contribution >= 0.6 is 0 Å². The fourth-order valence-corrected chi connectivity index (χ4v) is 4.18. The average molecular weight is 405 g/mol. The predicted octanol–water partition coefficient (Wildman–Crippen LogP) is 4.67. The van der Waals surface area contributed by atoms with E-state index in [0.29, 0.717) is 13.2 Å². The van der Waals surface area contributed by atoms with E-state index in [4.69, 9.17) is 9.73 Å². The minimum absolute atomic E-state index is 0.389. The normalized spacial score (nSPS) is 19.6. The van der Waals surface area contributed by atoms with Gasteiger partial charge in [-0.2, -0.15) is 0 Å². The molecular weight excluding hydrogens is 376 g/mol. The van der Waals surface area contributed by atoms with Crippen LogP contribution in [0.1, 0.15) is 43.7 Å². The minimum atomic E-state index is -0.724. The number of ether oxygens (including phenoxy) is 1. The van der Waals surface area contributed by atoms with Crippen LogP contribution in [-0.4, -0.2) is 40.9 Å². The van der Waals surface area contributed by atoms with Crippen molar-refractivity contribution in [3.05, 3.63) is 77.0 Å². The van der Waals surface area contributed by atoms with Crippen LogP contribution in [0, 0.1) is 0 Å². The number of hydrogen-bond donors (Lipinski definition) is 1. The molecule has 2 aromatic rings. The lowest BCUT2D eigenvalue weighted by molar-refractivity contribution is -0.144. The van der Waals surface area contributed by atoms with Crippen LogP contribution in [0.15, 0.2) is 70.9 Å². The molecule has 0 amide bonds. The SMILES string of the molecule is CC1=C(COc2cccc(CN3CCCCC3C(=O)O)c2)N=C(c2ccccc2)C1. The molecule has 4 rings (SSSR count). The number of carboxylic acids is 1. The number of benzene rings is 2. The Balaban J connectivity index is 1.39. The van der Waals surface area contributed by atoms with Gasteiger partial charge in [0.05, 0.1) is 11.4 Å².